The lowest BCUT2D eigenvalue weighted by Gasteiger charge is -2.30. The number of nitrogens with zero attached hydrogens (tertiary/aromatic N) is 3. The van der Waals surface area contributed by atoms with E-state index >= 15 is 0 Å². The van der Waals surface area contributed by atoms with Gasteiger partial charge < -0.3 is 9.72 Å². The molecule has 3 heterocycles. The summed E-state index contributed by atoms with van der Waals surface area (Å²) in [5.74, 6) is 5.64. The third kappa shape index (κ3) is 5.15. The van der Waals surface area contributed by atoms with Crippen molar-refractivity contribution in [3.8, 4) is 33.5 Å². The first-order valence-electron chi connectivity index (χ1n) is 19.9. The van der Waals surface area contributed by atoms with Crippen LogP contribution in [0, 0.1) is 17.8 Å². The number of amides is 1. The third-order valence-electron chi connectivity index (χ3n) is 13.7. The Morgan fingerprint density at radius 1 is 0.731 bits per heavy atom. The van der Waals surface area contributed by atoms with Crippen molar-refractivity contribution >= 4 is 17.4 Å². The Morgan fingerprint density at radius 3 is 2.02 bits per heavy atom. The monoisotopic (exact) mass is 688 g/mol. The minimum absolute atomic E-state index is 0.0460. The molecule has 4 saturated carbocycles. The molecule has 1 saturated heterocycles. The summed E-state index contributed by atoms with van der Waals surface area (Å²) in [6.07, 6.45) is 14.7. The van der Waals surface area contributed by atoms with Crippen LogP contribution in [-0.2, 0) is 4.74 Å². The van der Waals surface area contributed by atoms with E-state index in [1.165, 1.54) is 83.3 Å². The van der Waals surface area contributed by atoms with E-state index in [-0.39, 0.29) is 12.1 Å². The van der Waals surface area contributed by atoms with Crippen LogP contribution in [0.4, 0.5) is 4.79 Å². The fourth-order valence-corrected chi connectivity index (χ4v) is 11.0. The van der Waals surface area contributed by atoms with Crippen molar-refractivity contribution in [2.75, 3.05) is 0 Å². The number of carbonyl (C=O) groups excluding carboxylic acids is 1. The topological polar surface area (TPSA) is 70.6 Å². The van der Waals surface area contributed by atoms with Crippen LogP contribution in [0.2, 0.25) is 0 Å². The van der Waals surface area contributed by atoms with Crippen LogP contribution >= 0.6 is 0 Å². The highest BCUT2D eigenvalue weighted by Gasteiger charge is 2.56. The zero-order chi connectivity index (χ0) is 34.9. The molecule has 11 rings (SSSR count). The first-order valence-corrected chi connectivity index (χ1v) is 19.9. The number of carbonyl (C=O) groups is 1. The molecule has 7 atom stereocenters. The average molecular weight is 689 g/mol. The fourth-order valence-electron chi connectivity index (χ4n) is 11.0. The van der Waals surface area contributed by atoms with Crippen molar-refractivity contribution in [2.24, 2.45) is 22.7 Å². The number of aliphatic imine (C=N–C) groups is 1. The number of rotatable bonds is 6. The average Bonchev–Trinajstić information content (AvgIpc) is 3.64. The van der Waals surface area contributed by atoms with Gasteiger partial charge >= 0.3 is 6.09 Å². The number of ether oxygens (including phenoxy) is 1. The van der Waals surface area contributed by atoms with Gasteiger partial charge in [-0.1, -0.05) is 60.7 Å². The molecule has 5 fully saturated rings. The Morgan fingerprint density at radius 2 is 1.37 bits per heavy atom. The van der Waals surface area contributed by atoms with Crippen molar-refractivity contribution < 1.29 is 9.53 Å². The fraction of sp³-hybridized carbons (Fsp3) is 0.457. The second-order valence-electron chi connectivity index (χ2n) is 18.1. The van der Waals surface area contributed by atoms with Crippen molar-refractivity contribution in [2.45, 2.75) is 114 Å². The van der Waals surface area contributed by atoms with Gasteiger partial charge in [-0.15, -0.1) is 0 Å². The molecular formula is C46H48N4O2. The van der Waals surface area contributed by atoms with Gasteiger partial charge in [-0.3, -0.25) is 9.89 Å². The van der Waals surface area contributed by atoms with E-state index in [4.69, 9.17) is 14.7 Å². The number of H-pyrrole nitrogens is 1. The molecule has 6 heteroatoms. The number of nitrogens with one attached hydrogen (secondary N) is 1. The maximum Gasteiger partial charge on any atom is 0.411 e. The number of allylic oxidation sites excluding steroid dienone is 1. The molecular weight excluding hydrogens is 641 g/mol. The van der Waals surface area contributed by atoms with Gasteiger partial charge in [-0.2, -0.15) is 0 Å². The van der Waals surface area contributed by atoms with E-state index in [0.29, 0.717) is 29.7 Å². The van der Waals surface area contributed by atoms with Crippen molar-refractivity contribution in [3.05, 3.63) is 95.6 Å². The molecule has 0 radical (unpaired) electrons. The number of aromatic amines is 1. The zero-order valence-corrected chi connectivity index (χ0v) is 30.6. The molecule has 264 valence electrons. The summed E-state index contributed by atoms with van der Waals surface area (Å²) in [5, 5.41) is 0. The van der Waals surface area contributed by atoms with Crippen molar-refractivity contribution in [3.63, 3.8) is 0 Å². The van der Waals surface area contributed by atoms with Crippen LogP contribution in [0.3, 0.4) is 0 Å². The number of fused-ring (bicyclic) bond motifs is 7. The molecule has 6 unspecified atom stereocenters. The second-order valence-corrected chi connectivity index (χ2v) is 18.1. The predicted octanol–water partition coefficient (Wildman–Crippen LogP) is 10.9. The number of aromatic nitrogens is 2. The second kappa shape index (κ2) is 11.3. The molecule has 52 heavy (non-hydrogen) atoms. The first-order chi connectivity index (χ1) is 25.2. The van der Waals surface area contributed by atoms with Gasteiger partial charge in [0, 0.05) is 30.3 Å². The summed E-state index contributed by atoms with van der Waals surface area (Å²) >= 11 is 0. The van der Waals surface area contributed by atoms with Gasteiger partial charge in [0.2, 0.25) is 0 Å². The van der Waals surface area contributed by atoms with Gasteiger partial charge in [0.05, 0.1) is 17.9 Å². The summed E-state index contributed by atoms with van der Waals surface area (Å²) in [6, 6.07) is 23.5. The molecule has 3 aromatic carbocycles. The number of hydrogen-bond donors (Lipinski definition) is 1. The molecule has 1 aromatic heterocycles. The molecule has 2 aliphatic heterocycles. The van der Waals surface area contributed by atoms with Gasteiger partial charge in [-0.25, -0.2) is 9.78 Å². The number of imidazole rings is 1. The summed E-state index contributed by atoms with van der Waals surface area (Å²) in [5.41, 5.74) is 14.0. The Balaban J connectivity index is 0.816. The SMILES string of the molecule is CC(C)(C)OC(=O)N1C2CC2C[C@H]1C1=NC=C(c2ccc(-c3ccc(-c4ccc(-c5cnc(C6CC7CC7C6)[nH]5)cc4)c4c3C3CCC4C3)cc2)C1. The summed E-state index contributed by atoms with van der Waals surface area (Å²) < 4.78 is 5.81. The first kappa shape index (κ1) is 31.1. The van der Waals surface area contributed by atoms with E-state index in [2.05, 4.69) is 65.6 Å². The highest BCUT2D eigenvalue weighted by Crippen LogP contribution is 2.59. The molecule has 0 spiro atoms. The Kier molecular flexibility index (Phi) is 6.75. The Labute approximate surface area is 306 Å². The lowest BCUT2D eigenvalue weighted by molar-refractivity contribution is 0.0230. The number of benzene rings is 3. The smallest absolute Gasteiger partial charge is 0.411 e. The lowest BCUT2D eigenvalue weighted by atomic mass is 9.81. The number of likely N-dealkylation sites (tertiary alicyclic amines) is 1. The van der Waals surface area contributed by atoms with E-state index in [1.807, 2.05) is 38.1 Å². The van der Waals surface area contributed by atoms with Crippen LogP contribution in [-0.4, -0.2) is 44.4 Å². The quantitative estimate of drug-likeness (QED) is 0.219. The van der Waals surface area contributed by atoms with Gasteiger partial charge in [0.25, 0.3) is 0 Å². The molecule has 5 aliphatic carbocycles. The van der Waals surface area contributed by atoms with Gasteiger partial charge in [-0.05, 0) is 152 Å². The van der Waals surface area contributed by atoms with Crippen LogP contribution in [0.15, 0.2) is 78.1 Å². The maximum absolute atomic E-state index is 13.2. The third-order valence-corrected chi connectivity index (χ3v) is 13.7. The molecule has 6 nitrogen and oxygen atoms in total. The van der Waals surface area contributed by atoms with E-state index < -0.39 is 5.60 Å². The normalized spacial score (nSPS) is 30.6. The van der Waals surface area contributed by atoms with E-state index in [0.717, 1.165) is 42.5 Å². The molecule has 2 bridgehead atoms. The number of hydrogen-bond acceptors (Lipinski definition) is 4. The van der Waals surface area contributed by atoms with Crippen molar-refractivity contribution in [1.29, 1.82) is 0 Å². The van der Waals surface area contributed by atoms with Crippen LogP contribution in [0.25, 0.3) is 39.1 Å². The Bertz CT molecular complexity index is 2160. The summed E-state index contributed by atoms with van der Waals surface area (Å²) in [6.45, 7) is 5.83. The molecule has 1 amide bonds. The van der Waals surface area contributed by atoms with Crippen LogP contribution in [0.5, 0.6) is 0 Å². The predicted molar refractivity (Wildman–Crippen MR) is 206 cm³/mol. The highest BCUT2D eigenvalue weighted by atomic mass is 16.6. The van der Waals surface area contributed by atoms with Crippen LogP contribution < -0.4 is 0 Å². The highest BCUT2D eigenvalue weighted by molar-refractivity contribution is 6.03. The van der Waals surface area contributed by atoms with E-state index in [9.17, 15) is 4.79 Å². The van der Waals surface area contributed by atoms with Crippen molar-refractivity contribution in [1.82, 2.24) is 14.9 Å². The Hall–Kier alpha value is -4.45. The molecule has 1 N–H and O–H groups in total. The molecule has 7 aliphatic rings. The largest absolute Gasteiger partial charge is 0.444 e. The maximum atomic E-state index is 13.2. The molecule has 4 aromatic rings. The minimum Gasteiger partial charge on any atom is -0.444 e. The lowest BCUT2D eigenvalue weighted by Crippen LogP contribution is -2.45. The minimum atomic E-state index is -0.497. The summed E-state index contributed by atoms with van der Waals surface area (Å²) in [4.78, 5) is 28.5. The van der Waals surface area contributed by atoms with E-state index in [1.54, 1.807) is 11.1 Å². The van der Waals surface area contributed by atoms with Gasteiger partial charge in [0.1, 0.15) is 11.4 Å². The standard InChI is InChI=1S/C46H48N4O2/c1-46(2,3)52-45(51)50-40-21-33(40)22-41(50)38-20-35(23-47-38)25-4-6-26(7-5-25)36-14-15-37(43-30-13-12-29(16-30)42(36)43)27-8-10-28(11-9-27)39-24-48-44(49-39)34-18-31-17-32(31)19-34/h4-11,14-15,23-24,29-34,40-41H,12-13,16-22H2,1-3H3,(H,48,49)/t29?,30?,31?,32?,33?,34?,40?,41-/m0/s1. The number of piperidine rings is 1. The van der Waals surface area contributed by atoms with Gasteiger partial charge in [0.15, 0.2) is 0 Å². The summed E-state index contributed by atoms with van der Waals surface area (Å²) in [7, 11) is 0. The van der Waals surface area contributed by atoms with Crippen LogP contribution in [0.1, 0.15) is 119 Å². The zero-order valence-electron chi connectivity index (χ0n) is 30.6.